The van der Waals surface area contributed by atoms with Gasteiger partial charge in [0.25, 0.3) is 0 Å². The van der Waals surface area contributed by atoms with Gasteiger partial charge in [-0.25, -0.2) is 8.42 Å². The van der Waals surface area contributed by atoms with Crippen LogP contribution in [0.2, 0.25) is 0 Å². The first-order valence-electron chi connectivity index (χ1n) is 5.63. The molecule has 0 fully saturated rings. The third-order valence-corrected chi connectivity index (χ3v) is 4.46. The molecule has 0 bridgehead atoms. The molecule has 8 heteroatoms. The monoisotopic (exact) mass is 281 g/mol. The number of nitrogens with one attached hydrogen (secondary N) is 1. The maximum atomic E-state index is 12.3. The van der Waals surface area contributed by atoms with Crippen molar-refractivity contribution in [3.8, 4) is 0 Å². The van der Waals surface area contributed by atoms with Crippen molar-refractivity contribution in [3.05, 3.63) is 42.0 Å². The molecule has 0 amide bonds. The number of nitrogens with two attached hydrogens (primary N) is 1. The molecule has 7 nitrogen and oxygen atoms in total. The molecule has 2 rings (SSSR count). The standard InChI is InChI=1S/C11H15N5O2S/c1-16(8-9-5-14-15-6-9)19(17,18)11-3-2-10(4-12)13-7-11/h2-3,5-7H,4,8,12H2,1H3,(H,14,15). The summed E-state index contributed by atoms with van der Waals surface area (Å²) in [6.45, 7) is 0.530. The van der Waals surface area contributed by atoms with Crippen LogP contribution in [-0.4, -0.2) is 35.0 Å². The highest BCUT2D eigenvalue weighted by atomic mass is 32.2. The third-order valence-electron chi connectivity index (χ3n) is 2.68. The Morgan fingerprint density at radius 2 is 2.16 bits per heavy atom. The van der Waals surface area contributed by atoms with Crippen LogP contribution in [0.1, 0.15) is 11.3 Å². The summed E-state index contributed by atoms with van der Waals surface area (Å²) >= 11 is 0. The Labute approximate surface area is 111 Å². The fourth-order valence-electron chi connectivity index (χ4n) is 1.57. The molecule has 102 valence electrons. The summed E-state index contributed by atoms with van der Waals surface area (Å²) in [6, 6.07) is 3.12. The molecule has 0 aliphatic carbocycles. The first-order valence-corrected chi connectivity index (χ1v) is 7.07. The van der Waals surface area contributed by atoms with E-state index in [-0.39, 0.29) is 18.0 Å². The zero-order valence-electron chi connectivity index (χ0n) is 10.4. The summed E-state index contributed by atoms with van der Waals surface area (Å²) in [6.07, 6.45) is 4.56. The van der Waals surface area contributed by atoms with E-state index in [4.69, 9.17) is 5.73 Å². The lowest BCUT2D eigenvalue weighted by Gasteiger charge is -2.16. The van der Waals surface area contributed by atoms with Crippen molar-refractivity contribution in [2.24, 2.45) is 5.73 Å². The number of H-pyrrole nitrogens is 1. The van der Waals surface area contributed by atoms with Crippen molar-refractivity contribution in [3.63, 3.8) is 0 Å². The van der Waals surface area contributed by atoms with Gasteiger partial charge in [-0.05, 0) is 12.1 Å². The Kier molecular flexibility index (Phi) is 3.93. The predicted molar refractivity (Wildman–Crippen MR) is 69.4 cm³/mol. The largest absolute Gasteiger partial charge is 0.325 e. The highest BCUT2D eigenvalue weighted by Gasteiger charge is 2.21. The lowest BCUT2D eigenvalue weighted by atomic mass is 10.4. The first kappa shape index (κ1) is 13.7. The molecule has 19 heavy (non-hydrogen) atoms. The van der Waals surface area contributed by atoms with E-state index >= 15 is 0 Å². The molecule has 3 N–H and O–H groups in total. The fourth-order valence-corrected chi connectivity index (χ4v) is 2.68. The number of pyridine rings is 1. The van der Waals surface area contributed by atoms with Crippen LogP contribution in [0.25, 0.3) is 0 Å². The second-order valence-corrected chi connectivity index (χ2v) is 6.10. The molecule has 2 aromatic heterocycles. The predicted octanol–water partition coefficient (Wildman–Crippen LogP) is 0.0841. The highest BCUT2D eigenvalue weighted by molar-refractivity contribution is 7.89. The number of hydrogen-bond acceptors (Lipinski definition) is 5. The van der Waals surface area contributed by atoms with Gasteiger partial charge in [-0.3, -0.25) is 10.1 Å². The average molecular weight is 281 g/mol. The topological polar surface area (TPSA) is 105 Å². The summed E-state index contributed by atoms with van der Waals surface area (Å²) < 4.78 is 25.8. The molecule has 0 aromatic carbocycles. The number of aromatic amines is 1. The van der Waals surface area contributed by atoms with Gasteiger partial charge in [0.2, 0.25) is 10.0 Å². The van der Waals surface area contributed by atoms with Crippen LogP contribution in [0.3, 0.4) is 0 Å². The number of sulfonamides is 1. The number of aromatic nitrogens is 3. The van der Waals surface area contributed by atoms with Crippen LogP contribution in [0, 0.1) is 0 Å². The molecule has 2 heterocycles. The van der Waals surface area contributed by atoms with Crippen LogP contribution >= 0.6 is 0 Å². The van der Waals surface area contributed by atoms with E-state index in [1.165, 1.54) is 23.6 Å². The molecular weight excluding hydrogens is 266 g/mol. The third kappa shape index (κ3) is 2.98. The number of rotatable bonds is 5. The Morgan fingerprint density at radius 3 is 2.68 bits per heavy atom. The molecule has 0 aliphatic rings. The average Bonchev–Trinajstić information content (AvgIpc) is 2.91. The van der Waals surface area contributed by atoms with E-state index in [1.807, 2.05) is 0 Å². The van der Waals surface area contributed by atoms with Crippen LogP contribution in [0.4, 0.5) is 0 Å². The van der Waals surface area contributed by atoms with Gasteiger partial charge >= 0.3 is 0 Å². The van der Waals surface area contributed by atoms with Gasteiger partial charge in [-0.1, -0.05) is 0 Å². The molecule has 0 aliphatic heterocycles. The summed E-state index contributed by atoms with van der Waals surface area (Å²) in [4.78, 5) is 4.14. The minimum Gasteiger partial charge on any atom is -0.325 e. The normalized spacial score (nSPS) is 11.9. The van der Waals surface area contributed by atoms with E-state index in [1.54, 1.807) is 18.5 Å². The Bertz CT molecular complexity index is 622. The molecule has 0 spiro atoms. The van der Waals surface area contributed by atoms with Gasteiger partial charge in [-0.15, -0.1) is 0 Å². The molecule has 0 radical (unpaired) electrons. The summed E-state index contributed by atoms with van der Waals surface area (Å²) in [5.74, 6) is 0. The fraction of sp³-hybridized carbons (Fsp3) is 0.273. The van der Waals surface area contributed by atoms with Gasteiger partial charge in [0, 0.05) is 38.1 Å². The van der Waals surface area contributed by atoms with Crippen molar-refractivity contribution in [2.75, 3.05) is 7.05 Å². The molecule has 0 atom stereocenters. The van der Waals surface area contributed by atoms with Crippen LogP contribution in [0.15, 0.2) is 35.6 Å². The van der Waals surface area contributed by atoms with Crippen molar-refractivity contribution in [2.45, 2.75) is 18.0 Å². The quantitative estimate of drug-likeness (QED) is 0.807. The maximum Gasteiger partial charge on any atom is 0.244 e. The molecule has 0 unspecified atom stereocenters. The van der Waals surface area contributed by atoms with Crippen LogP contribution < -0.4 is 5.73 Å². The van der Waals surface area contributed by atoms with Crippen molar-refractivity contribution in [1.82, 2.24) is 19.5 Å². The summed E-state index contributed by atoms with van der Waals surface area (Å²) in [5.41, 5.74) is 6.87. The zero-order valence-corrected chi connectivity index (χ0v) is 11.3. The second kappa shape index (κ2) is 5.47. The van der Waals surface area contributed by atoms with E-state index in [0.717, 1.165) is 5.56 Å². The second-order valence-electron chi connectivity index (χ2n) is 4.06. The molecule has 0 saturated carbocycles. The Morgan fingerprint density at radius 1 is 1.37 bits per heavy atom. The van der Waals surface area contributed by atoms with Crippen molar-refractivity contribution >= 4 is 10.0 Å². The number of hydrogen-bond donors (Lipinski definition) is 2. The number of nitrogens with zero attached hydrogens (tertiary/aromatic N) is 3. The summed E-state index contributed by atoms with van der Waals surface area (Å²) in [5, 5.41) is 6.42. The van der Waals surface area contributed by atoms with E-state index in [9.17, 15) is 8.42 Å². The minimum absolute atomic E-state index is 0.149. The van der Waals surface area contributed by atoms with Gasteiger partial charge in [0.05, 0.1) is 11.9 Å². The van der Waals surface area contributed by atoms with E-state index in [2.05, 4.69) is 15.2 Å². The van der Waals surface area contributed by atoms with E-state index in [0.29, 0.717) is 5.69 Å². The summed E-state index contributed by atoms with van der Waals surface area (Å²) in [7, 11) is -2.04. The molecule has 0 saturated heterocycles. The SMILES string of the molecule is CN(Cc1cn[nH]c1)S(=O)(=O)c1ccc(CN)nc1. The van der Waals surface area contributed by atoms with Crippen molar-refractivity contribution < 1.29 is 8.42 Å². The minimum atomic E-state index is -3.55. The maximum absolute atomic E-state index is 12.3. The van der Waals surface area contributed by atoms with Gasteiger partial charge in [0.1, 0.15) is 4.90 Å². The lowest BCUT2D eigenvalue weighted by Crippen LogP contribution is -2.26. The Hall–Kier alpha value is -1.77. The van der Waals surface area contributed by atoms with Gasteiger partial charge in [-0.2, -0.15) is 9.40 Å². The van der Waals surface area contributed by atoms with Gasteiger partial charge < -0.3 is 5.73 Å². The van der Waals surface area contributed by atoms with E-state index < -0.39 is 10.0 Å². The zero-order chi connectivity index (χ0) is 13.9. The lowest BCUT2D eigenvalue weighted by molar-refractivity contribution is 0.466. The molecule has 2 aromatic rings. The smallest absolute Gasteiger partial charge is 0.244 e. The first-order chi connectivity index (χ1) is 9.04. The van der Waals surface area contributed by atoms with Crippen LogP contribution in [0.5, 0.6) is 0 Å². The van der Waals surface area contributed by atoms with Gasteiger partial charge in [0.15, 0.2) is 0 Å². The highest BCUT2D eigenvalue weighted by Crippen LogP contribution is 2.15. The van der Waals surface area contributed by atoms with Crippen LogP contribution in [-0.2, 0) is 23.1 Å². The Balaban J connectivity index is 2.20. The van der Waals surface area contributed by atoms with Crippen molar-refractivity contribution in [1.29, 1.82) is 0 Å². The molecular formula is C11H15N5O2S.